The highest BCUT2D eigenvalue weighted by Crippen LogP contribution is 2.14. The van der Waals surface area contributed by atoms with Gasteiger partial charge in [-0.15, -0.1) is 0 Å². The van der Waals surface area contributed by atoms with Crippen molar-refractivity contribution in [2.75, 3.05) is 7.05 Å². The first-order valence-corrected chi connectivity index (χ1v) is 7.28. The van der Waals surface area contributed by atoms with E-state index in [4.69, 9.17) is 5.11 Å². The monoisotopic (exact) mass is 319 g/mol. The topological polar surface area (TPSA) is 93.2 Å². The van der Waals surface area contributed by atoms with Gasteiger partial charge < -0.3 is 10.0 Å². The van der Waals surface area contributed by atoms with Crippen LogP contribution < -0.4 is 0 Å². The maximum atomic E-state index is 12.2. The minimum Gasteiger partial charge on any atom is -0.478 e. The average molecular weight is 319 g/mol. The fraction of sp³-hybridized carbons (Fsp3) is 0.467. The predicted octanol–water partition coefficient (Wildman–Crippen LogP) is 0.980. The Kier molecular flexibility index (Phi) is 4.83. The summed E-state index contributed by atoms with van der Waals surface area (Å²) in [5, 5.41) is 17.1. The van der Waals surface area contributed by atoms with Crippen LogP contribution in [0.15, 0.2) is 12.4 Å². The van der Waals surface area contributed by atoms with Gasteiger partial charge in [0.2, 0.25) is 5.91 Å². The van der Waals surface area contributed by atoms with Crippen molar-refractivity contribution in [2.45, 2.75) is 33.4 Å². The summed E-state index contributed by atoms with van der Waals surface area (Å²) in [5.74, 6) is -1.05. The van der Waals surface area contributed by atoms with E-state index in [1.165, 1.54) is 17.1 Å². The number of carbonyl (C=O) groups is 2. The molecule has 0 unspecified atom stereocenters. The number of aromatic carboxylic acids is 1. The number of hydrogen-bond acceptors (Lipinski definition) is 4. The number of carboxylic acid groups (broad SMARTS) is 1. The molecule has 23 heavy (non-hydrogen) atoms. The summed E-state index contributed by atoms with van der Waals surface area (Å²) in [4.78, 5) is 24.7. The molecule has 0 bridgehead atoms. The van der Waals surface area contributed by atoms with Crippen molar-refractivity contribution in [3.05, 3.63) is 34.9 Å². The summed E-state index contributed by atoms with van der Waals surface area (Å²) in [6.07, 6.45) is 2.96. The van der Waals surface area contributed by atoms with Gasteiger partial charge in [0.05, 0.1) is 17.5 Å². The van der Waals surface area contributed by atoms with Gasteiger partial charge in [0.15, 0.2) is 0 Å². The van der Waals surface area contributed by atoms with Crippen molar-refractivity contribution in [1.82, 2.24) is 24.5 Å². The van der Waals surface area contributed by atoms with Crippen molar-refractivity contribution >= 4 is 11.9 Å². The van der Waals surface area contributed by atoms with Crippen LogP contribution in [0.1, 0.15) is 33.7 Å². The van der Waals surface area contributed by atoms with Gasteiger partial charge in [0.25, 0.3) is 0 Å². The maximum Gasteiger partial charge on any atom is 0.338 e. The van der Waals surface area contributed by atoms with Crippen LogP contribution in [0.25, 0.3) is 0 Å². The zero-order valence-electron chi connectivity index (χ0n) is 13.8. The zero-order chi connectivity index (χ0) is 17.1. The fourth-order valence-corrected chi connectivity index (χ4v) is 2.37. The lowest BCUT2D eigenvalue weighted by molar-refractivity contribution is -0.130. The predicted molar refractivity (Wildman–Crippen MR) is 83.0 cm³/mol. The number of carbonyl (C=O) groups excluding carboxylic acids is 1. The smallest absolute Gasteiger partial charge is 0.338 e. The van der Waals surface area contributed by atoms with Gasteiger partial charge in [0.1, 0.15) is 0 Å². The molecule has 2 heterocycles. The quantitative estimate of drug-likeness (QED) is 0.856. The van der Waals surface area contributed by atoms with Crippen LogP contribution in [-0.2, 0) is 24.9 Å². The molecule has 0 aromatic carbocycles. The van der Waals surface area contributed by atoms with Gasteiger partial charge in [-0.05, 0) is 13.8 Å². The van der Waals surface area contributed by atoms with Crippen LogP contribution in [0, 0.1) is 13.8 Å². The van der Waals surface area contributed by atoms with E-state index in [-0.39, 0.29) is 17.9 Å². The number of aromatic nitrogens is 4. The van der Waals surface area contributed by atoms with Gasteiger partial charge in [-0.3, -0.25) is 14.2 Å². The molecule has 8 nitrogen and oxygen atoms in total. The van der Waals surface area contributed by atoms with Gasteiger partial charge in [-0.25, -0.2) is 4.79 Å². The number of rotatable bonds is 6. The third kappa shape index (κ3) is 3.77. The maximum absolute atomic E-state index is 12.2. The first-order chi connectivity index (χ1) is 10.8. The number of carboxylic acids is 1. The Hall–Kier alpha value is -2.64. The number of hydrogen-bond donors (Lipinski definition) is 1. The van der Waals surface area contributed by atoms with Gasteiger partial charge >= 0.3 is 5.97 Å². The molecule has 1 N–H and O–H groups in total. The molecule has 2 rings (SSSR count). The summed E-state index contributed by atoms with van der Waals surface area (Å²) >= 11 is 0. The summed E-state index contributed by atoms with van der Waals surface area (Å²) < 4.78 is 3.27. The lowest BCUT2D eigenvalue weighted by Crippen LogP contribution is -2.27. The molecule has 0 fully saturated rings. The lowest BCUT2D eigenvalue weighted by Gasteiger charge is -2.17. The van der Waals surface area contributed by atoms with Crippen LogP contribution in [0.3, 0.4) is 0 Å². The van der Waals surface area contributed by atoms with Crippen LogP contribution in [0.5, 0.6) is 0 Å². The molecule has 0 radical (unpaired) electrons. The first kappa shape index (κ1) is 16.7. The van der Waals surface area contributed by atoms with Crippen LogP contribution in [-0.4, -0.2) is 48.5 Å². The third-order valence-corrected chi connectivity index (χ3v) is 3.91. The largest absolute Gasteiger partial charge is 0.478 e. The van der Waals surface area contributed by atoms with Crippen molar-refractivity contribution in [1.29, 1.82) is 0 Å². The average Bonchev–Trinajstić information content (AvgIpc) is 3.05. The van der Waals surface area contributed by atoms with E-state index in [0.29, 0.717) is 13.1 Å². The van der Waals surface area contributed by atoms with Crippen molar-refractivity contribution in [3.63, 3.8) is 0 Å². The Labute approximate surface area is 134 Å². The Morgan fingerprint density at radius 2 is 2.04 bits per heavy atom. The molecule has 0 aliphatic heterocycles. The van der Waals surface area contributed by atoms with E-state index in [2.05, 4.69) is 10.2 Å². The Morgan fingerprint density at radius 1 is 1.35 bits per heavy atom. The van der Waals surface area contributed by atoms with Crippen LogP contribution >= 0.6 is 0 Å². The summed E-state index contributed by atoms with van der Waals surface area (Å²) in [7, 11) is 3.63. The van der Waals surface area contributed by atoms with E-state index < -0.39 is 5.97 Å². The lowest BCUT2D eigenvalue weighted by atomic mass is 10.2. The first-order valence-electron chi connectivity index (χ1n) is 7.28. The van der Waals surface area contributed by atoms with Crippen molar-refractivity contribution in [2.24, 2.45) is 7.05 Å². The highest BCUT2D eigenvalue weighted by atomic mass is 16.4. The number of amides is 1. The second-order valence-electron chi connectivity index (χ2n) is 5.57. The van der Waals surface area contributed by atoms with Gasteiger partial charge in [-0.1, -0.05) is 0 Å². The Morgan fingerprint density at radius 3 is 2.57 bits per heavy atom. The highest BCUT2D eigenvalue weighted by molar-refractivity contribution is 5.86. The molecule has 0 aliphatic carbocycles. The van der Waals surface area contributed by atoms with E-state index in [9.17, 15) is 9.59 Å². The van der Waals surface area contributed by atoms with Gasteiger partial charge in [-0.2, -0.15) is 10.2 Å². The molecule has 0 aliphatic rings. The SMILES string of the molecule is Cc1nn(C)c(C)c1CN(C)C(=O)CCn1cc(C(=O)O)cn1. The molecule has 124 valence electrons. The molecule has 0 spiro atoms. The fourth-order valence-electron chi connectivity index (χ4n) is 2.37. The number of nitrogens with zero attached hydrogens (tertiary/aromatic N) is 5. The second-order valence-corrected chi connectivity index (χ2v) is 5.57. The van der Waals surface area contributed by atoms with E-state index >= 15 is 0 Å². The van der Waals surface area contributed by atoms with Gasteiger partial charge in [0, 0.05) is 51.1 Å². The van der Waals surface area contributed by atoms with E-state index in [0.717, 1.165) is 17.0 Å². The second kappa shape index (κ2) is 6.64. The molecule has 2 aromatic heterocycles. The molecule has 1 amide bonds. The highest BCUT2D eigenvalue weighted by Gasteiger charge is 2.15. The summed E-state index contributed by atoms with van der Waals surface area (Å²) in [5.41, 5.74) is 3.13. The standard InChI is InChI=1S/C15H21N5O3/c1-10-13(11(2)19(4)17-10)9-18(3)14(21)5-6-20-8-12(7-16-20)15(22)23/h7-8H,5-6,9H2,1-4H3,(H,22,23). The molecule has 0 atom stereocenters. The van der Waals surface area contributed by atoms with E-state index in [1.807, 2.05) is 20.9 Å². The third-order valence-electron chi connectivity index (χ3n) is 3.91. The number of aryl methyl sites for hydroxylation is 3. The van der Waals surface area contributed by atoms with Crippen LogP contribution in [0.4, 0.5) is 0 Å². The normalized spacial score (nSPS) is 10.8. The van der Waals surface area contributed by atoms with Crippen molar-refractivity contribution in [3.8, 4) is 0 Å². The summed E-state index contributed by atoms with van der Waals surface area (Å²) in [6, 6.07) is 0. The summed E-state index contributed by atoms with van der Waals surface area (Å²) in [6.45, 7) is 4.76. The van der Waals surface area contributed by atoms with Crippen LogP contribution in [0.2, 0.25) is 0 Å². The molecule has 0 saturated carbocycles. The molecular weight excluding hydrogens is 298 g/mol. The molecule has 2 aromatic rings. The van der Waals surface area contributed by atoms with Crippen molar-refractivity contribution < 1.29 is 14.7 Å². The Bertz CT molecular complexity index is 732. The minimum absolute atomic E-state index is 0.0278. The molecule has 0 saturated heterocycles. The molecular formula is C15H21N5O3. The van der Waals surface area contributed by atoms with E-state index in [1.54, 1.807) is 16.6 Å². The minimum atomic E-state index is -1.03. The molecule has 8 heteroatoms. The zero-order valence-corrected chi connectivity index (χ0v) is 13.8. The Balaban J connectivity index is 1.93.